The number of unbranched alkanes of at least 4 members (excludes halogenated alkanes) is 6. The van der Waals surface area contributed by atoms with Crippen molar-refractivity contribution in [3.8, 4) is 0 Å². The molecular formula is C20H32O2. The van der Waals surface area contributed by atoms with E-state index in [0.717, 1.165) is 37.7 Å². The average Bonchev–Trinajstić information content (AvgIpc) is 2.55. The van der Waals surface area contributed by atoms with E-state index in [-0.39, 0.29) is 11.9 Å². The Morgan fingerprint density at radius 1 is 0.909 bits per heavy atom. The van der Waals surface area contributed by atoms with Gasteiger partial charge in [0.15, 0.2) is 0 Å². The molecule has 0 saturated carbocycles. The number of benzene rings is 1. The van der Waals surface area contributed by atoms with E-state index in [1.807, 2.05) is 30.3 Å². The van der Waals surface area contributed by atoms with Gasteiger partial charge in [-0.3, -0.25) is 4.79 Å². The molecule has 0 bridgehead atoms. The molecule has 124 valence electrons. The highest BCUT2D eigenvalue weighted by molar-refractivity contribution is 5.78. The van der Waals surface area contributed by atoms with Crippen molar-refractivity contribution in [2.45, 2.75) is 77.6 Å². The monoisotopic (exact) mass is 304 g/mol. The first-order chi connectivity index (χ1) is 10.8. The Morgan fingerprint density at radius 3 is 2.23 bits per heavy atom. The Hall–Kier alpha value is -1.31. The molecule has 0 aliphatic rings. The molecule has 0 spiro atoms. The van der Waals surface area contributed by atoms with Crippen LogP contribution in [0.3, 0.4) is 0 Å². The van der Waals surface area contributed by atoms with Gasteiger partial charge in [0.05, 0.1) is 12.5 Å². The predicted molar refractivity (Wildman–Crippen MR) is 93.0 cm³/mol. The van der Waals surface area contributed by atoms with Gasteiger partial charge in [-0.1, -0.05) is 89.1 Å². The molecule has 0 aliphatic heterocycles. The van der Waals surface area contributed by atoms with Crippen molar-refractivity contribution in [3.05, 3.63) is 35.9 Å². The zero-order chi connectivity index (χ0) is 16.0. The van der Waals surface area contributed by atoms with Gasteiger partial charge in [-0.2, -0.15) is 0 Å². The molecule has 1 aromatic carbocycles. The van der Waals surface area contributed by atoms with E-state index in [2.05, 4.69) is 13.8 Å². The molecule has 0 aromatic heterocycles. The lowest BCUT2D eigenvalue weighted by atomic mass is 9.94. The van der Waals surface area contributed by atoms with E-state index >= 15 is 0 Å². The number of rotatable bonds is 12. The third-order valence-corrected chi connectivity index (χ3v) is 4.08. The molecule has 0 N–H and O–H groups in total. The van der Waals surface area contributed by atoms with Gasteiger partial charge in [-0.25, -0.2) is 0 Å². The second kappa shape index (κ2) is 12.3. The first kappa shape index (κ1) is 18.7. The maximum absolute atomic E-state index is 12.4. The van der Waals surface area contributed by atoms with Crippen LogP contribution in [0.4, 0.5) is 0 Å². The van der Waals surface area contributed by atoms with Crippen molar-refractivity contribution in [2.75, 3.05) is 6.61 Å². The summed E-state index contributed by atoms with van der Waals surface area (Å²) in [6.45, 7) is 4.95. The minimum absolute atomic E-state index is 0.0480. The molecule has 0 radical (unpaired) electrons. The maximum atomic E-state index is 12.4. The Bertz CT molecular complexity index is 386. The summed E-state index contributed by atoms with van der Waals surface area (Å²) < 4.78 is 5.52. The zero-order valence-corrected chi connectivity index (χ0v) is 14.4. The summed E-state index contributed by atoms with van der Waals surface area (Å²) in [5.41, 5.74) is 1.09. The molecule has 1 rings (SSSR count). The molecule has 2 nitrogen and oxygen atoms in total. The Balaban J connectivity index is 2.34. The fourth-order valence-corrected chi connectivity index (χ4v) is 2.67. The molecule has 0 saturated heterocycles. The SMILES string of the molecule is CCCCCCCCOC(=O)C(CCCC)c1ccccc1. The number of hydrogen-bond donors (Lipinski definition) is 0. The van der Waals surface area contributed by atoms with E-state index in [1.165, 1.54) is 25.7 Å². The lowest BCUT2D eigenvalue weighted by Crippen LogP contribution is -2.17. The van der Waals surface area contributed by atoms with Crippen LogP contribution in [0.5, 0.6) is 0 Å². The van der Waals surface area contributed by atoms with Crippen molar-refractivity contribution in [3.63, 3.8) is 0 Å². The Morgan fingerprint density at radius 2 is 1.55 bits per heavy atom. The minimum atomic E-state index is -0.0961. The van der Waals surface area contributed by atoms with Crippen molar-refractivity contribution in [1.29, 1.82) is 0 Å². The molecule has 1 unspecified atom stereocenters. The Kier molecular flexibility index (Phi) is 10.4. The second-order valence-corrected chi connectivity index (χ2v) is 6.04. The fourth-order valence-electron chi connectivity index (χ4n) is 2.67. The smallest absolute Gasteiger partial charge is 0.313 e. The molecule has 0 fully saturated rings. The van der Waals surface area contributed by atoms with Crippen molar-refractivity contribution in [2.24, 2.45) is 0 Å². The topological polar surface area (TPSA) is 26.3 Å². The van der Waals surface area contributed by atoms with Gasteiger partial charge in [-0.15, -0.1) is 0 Å². The molecule has 0 heterocycles. The lowest BCUT2D eigenvalue weighted by molar-refractivity contribution is -0.145. The fraction of sp³-hybridized carbons (Fsp3) is 0.650. The Labute approximate surface area is 136 Å². The lowest BCUT2D eigenvalue weighted by Gasteiger charge is -2.16. The summed E-state index contributed by atoms with van der Waals surface area (Å²) in [7, 11) is 0. The minimum Gasteiger partial charge on any atom is -0.465 e. The highest BCUT2D eigenvalue weighted by Gasteiger charge is 2.21. The summed E-state index contributed by atoms with van der Waals surface area (Å²) in [5.74, 6) is -0.144. The van der Waals surface area contributed by atoms with Gasteiger partial charge < -0.3 is 4.74 Å². The van der Waals surface area contributed by atoms with E-state index in [0.29, 0.717) is 6.61 Å². The quantitative estimate of drug-likeness (QED) is 0.357. The van der Waals surface area contributed by atoms with E-state index < -0.39 is 0 Å². The molecule has 1 atom stereocenters. The molecule has 2 heteroatoms. The number of ether oxygens (including phenoxy) is 1. The van der Waals surface area contributed by atoms with Gasteiger partial charge >= 0.3 is 5.97 Å². The van der Waals surface area contributed by atoms with Gasteiger partial charge in [0, 0.05) is 0 Å². The number of carbonyl (C=O) groups is 1. The van der Waals surface area contributed by atoms with E-state index in [1.54, 1.807) is 0 Å². The number of hydrogen-bond acceptors (Lipinski definition) is 2. The zero-order valence-electron chi connectivity index (χ0n) is 14.4. The first-order valence-electron chi connectivity index (χ1n) is 9.01. The van der Waals surface area contributed by atoms with Crippen LogP contribution >= 0.6 is 0 Å². The van der Waals surface area contributed by atoms with Crippen LogP contribution in [0.2, 0.25) is 0 Å². The second-order valence-electron chi connectivity index (χ2n) is 6.04. The number of esters is 1. The average molecular weight is 304 g/mol. The van der Waals surface area contributed by atoms with Crippen LogP contribution in [0.1, 0.15) is 83.1 Å². The summed E-state index contributed by atoms with van der Waals surface area (Å²) >= 11 is 0. The maximum Gasteiger partial charge on any atom is 0.313 e. The van der Waals surface area contributed by atoms with Crippen LogP contribution in [-0.4, -0.2) is 12.6 Å². The molecule has 0 amide bonds. The highest BCUT2D eigenvalue weighted by Crippen LogP contribution is 2.23. The van der Waals surface area contributed by atoms with Crippen molar-refractivity contribution < 1.29 is 9.53 Å². The normalized spacial score (nSPS) is 12.1. The highest BCUT2D eigenvalue weighted by atomic mass is 16.5. The molecular weight excluding hydrogens is 272 g/mol. The van der Waals surface area contributed by atoms with Crippen molar-refractivity contribution >= 4 is 5.97 Å². The van der Waals surface area contributed by atoms with E-state index in [4.69, 9.17) is 4.74 Å². The first-order valence-corrected chi connectivity index (χ1v) is 9.01. The number of carbonyl (C=O) groups excluding carboxylic acids is 1. The van der Waals surface area contributed by atoms with Gasteiger partial charge in [0.25, 0.3) is 0 Å². The van der Waals surface area contributed by atoms with Gasteiger partial charge in [0.2, 0.25) is 0 Å². The predicted octanol–water partition coefficient (Wildman–Crippen LogP) is 5.86. The van der Waals surface area contributed by atoms with Crippen LogP contribution in [-0.2, 0) is 9.53 Å². The van der Waals surface area contributed by atoms with Crippen LogP contribution in [0.25, 0.3) is 0 Å². The van der Waals surface area contributed by atoms with Gasteiger partial charge in [-0.05, 0) is 18.4 Å². The summed E-state index contributed by atoms with van der Waals surface area (Å²) in [5, 5.41) is 0. The third-order valence-electron chi connectivity index (χ3n) is 4.08. The van der Waals surface area contributed by atoms with Crippen LogP contribution in [0.15, 0.2) is 30.3 Å². The van der Waals surface area contributed by atoms with Crippen LogP contribution < -0.4 is 0 Å². The molecule has 0 aliphatic carbocycles. The van der Waals surface area contributed by atoms with Gasteiger partial charge in [0.1, 0.15) is 0 Å². The third kappa shape index (κ3) is 7.63. The summed E-state index contributed by atoms with van der Waals surface area (Å²) in [6.07, 6.45) is 10.3. The van der Waals surface area contributed by atoms with E-state index in [9.17, 15) is 4.79 Å². The molecule has 22 heavy (non-hydrogen) atoms. The summed E-state index contributed by atoms with van der Waals surface area (Å²) in [4.78, 5) is 12.4. The summed E-state index contributed by atoms with van der Waals surface area (Å²) in [6, 6.07) is 10.0. The largest absolute Gasteiger partial charge is 0.465 e. The molecule has 1 aromatic rings. The van der Waals surface area contributed by atoms with Crippen LogP contribution in [0, 0.1) is 0 Å². The standard InChI is InChI=1S/C20H32O2/c1-3-5-7-8-9-13-17-22-20(21)19(16-6-4-2)18-14-11-10-12-15-18/h10-12,14-15,19H,3-9,13,16-17H2,1-2H3. The van der Waals surface area contributed by atoms with Crippen molar-refractivity contribution in [1.82, 2.24) is 0 Å².